The Bertz CT molecular complexity index is 1490. The normalized spacial score (nSPS) is 15.7. The highest BCUT2D eigenvalue weighted by Crippen LogP contribution is 2.26. The van der Waals surface area contributed by atoms with Crippen molar-refractivity contribution >= 4 is 46.6 Å². The average molecular weight is 566 g/mol. The van der Waals surface area contributed by atoms with Crippen LogP contribution in [0.2, 0.25) is 0 Å². The van der Waals surface area contributed by atoms with E-state index in [4.69, 9.17) is 21.1 Å². The molecule has 40 heavy (non-hydrogen) atoms. The monoisotopic (exact) mass is 565 g/mol. The third kappa shape index (κ3) is 7.12. The number of thiazole rings is 1. The second-order valence-corrected chi connectivity index (χ2v) is 11.2. The van der Waals surface area contributed by atoms with Gasteiger partial charge in [-0.2, -0.15) is 0 Å². The molecule has 0 spiro atoms. The molecule has 1 aliphatic heterocycles. The third-order valence-electron chi connectivity index (χ3n) is 6.88. The van der Waals surface area contributed by atoms with E-state index in [1.807, 2.05) is 17.0 Å². The smallest absolute Gasteiger partial charge is 0.328 e. The number of hydrogen-bond donors (Lipinski definition) is 4. The first-order chi connectivity index (χ1) is 19.1. The Hall–Kier alpha value is -4.06. The van der Waals surface area contributed by atoms with Crippen molar-refractivity contribution in [3.8, 4) is 0 Å². The predicted molar refractivity (Wildman–Crippen MR) is 156 cm³/mol. The van der Waals surface area contributed by atoms with Gasteiger partial charge in [0.25, 0.3) is 5.56 Å². The van der Waals surface area contributed by atoms with Gasteiger partial charge in [0.1, 0.15) is 11.5 Å². The molecule has 1 atom stereocenters. The fourth-order valence-electron chi connectivity index (χ4n) is 4.68. The average Bonchev–Trinajstić information content (AvgIpc) is 3.40. The van der Waals surface area contributed by atoms with Crippen LogP contribution < -0.4 is 21.5 Å². The van der Waals surface area contributed by atoms with E-state index in [1.54, 1.807) is 17.5 Å². The zero-order chi connectivity index (χ0) is 28.8. The number of amidine groups is 1. The maximum Gasteiger partial charge on any atom is 0.328 e. The van der Waals surface area contributed by atoms with Crippen molar-refractivity contribution in [3.05, 3.63) is 62.0 Å². The number of anilines is 1. The van der Waals surface area contributed by atoms with Crippen molar-refractivity contribution in [1.82, 2.24) is 19.7 Å². The van der Waals surface area contributed by atoms with E-state index in [1.165, 1.54) is 10.5 Å². The Labute approximate surface area is 236 Å². The van der Waals surface area contributed by atoms with Gasteiger partial charge in [0.05, 0.1) is 28.0 Å². The first-order valence-electron chi connectivity index (χ1n) is 13.4. The number of aliphatic carboxylic acids is 1. The zero-order valence-electron chi connectivity index (χ0n) is 22.7. The minimum Gasteiger partial charge on any atom is -0.478 e. The van der Waals surface area contributed by atoms with Gasteiger partial charge in [-0.25, -0.2) is 14.8 Å². The Balaban J connectivity index is 1.62. The molecule has 1 aliphatic rings. The van der Waals surface area contributed by atoms with Crippen LogP contribution in [0.1, 0.15) is 60.9 Å². The number of aryl methyl sites for hydroxylation is 2. The molecule has 3 aromatic heterocycles. The number of nitrogens with one attached hydrogen (secondary N) is 2. The molecule has 1 amide bonds. The lowest BCUT2D eigenvalue weighted by Gasteiger charge is -2.33. The summed E-state index contributed by atoms with van der Waals surface area (Å²) >= 11 is 1.65. The highest BCUT2D eigenvalue weighted by Gasteiger charge is 2.28. The molecular weight excluding hydrogens is 530 g/mol. The molecule has 0 bridgehead atoms. The Morgan fingerprint density at radius 2 is 2.12 bits per heavy atom. The molecule has 1 fully saturated rings. The number of carboxylic acid groups (broad SMARTS) is 1. The second kappa shape index (κ2) is 12.9. The summed E-state index contributed by atoms with van der Waals surface area (Å²) in [5.74, 6) is -0.899. The van der Waals surface area contributed by atoms with Crippen molar-refractivity contribution in [2.75, 3.05) is 24.5 Å². The lowest BCUT2D eigenvalue weighted by atomic mass is 9.96. The summed E-state index contributed by atoms with van der Waals surface area (Å²) in [6.45, 7) is 5.44. The van der Waals surface area contributed by atoms with Crippen LogP contribution in [0.3, 0.4) is 0 Å². The lowest BCUT2D eigenvalue weighted by Crippen LogP contribution is -2.44. The number of nitrogens with zero attached hydrogens (tertiary/aromatic N) is 4. The number of piperidine rings is 1. The standard InChI is InChI=1S/C28H35N7O4S/c1-17(2)21-16-40-24(32-21)7-5-18-10-13-35-23(14-18)33-26(20(28(35)39)6-8-25(36)37)34-12-3-4-19(15-34)27(38)31-11-9-22(29)30/h6,8,10,13-14,16-17,19H,3-5,7,9,11-12,15H2,1-2H3,(H3,29,30)(H,31,38)(H,36,37)/b8-6+. The van der Waals surface area contributed by atoms with Gasteiger partial charge in [-0.3, -0.25) is 19.4 Å². The van der Waals surface area contributed by atoms with Crippen LogP contribution >= 0.6 is 11.3 Å². The highest BCUT2D eigenvalue weighted by molar-refractivity contribution is 7.09. The quantitative estimate of drug-likeness (QED) is 0.156. The molecule has 0 saturated carbocycles. The lowest BCUT2D eigenvalue weighted by molar-refractivity contribution is -0.131. The molecule has 0 aromatic carbocycles. The first kappa shape index (κ1) is 28.9. The van der Waals surface area contributed by atoms with Crippen molar-refractivity contribution in [2.45, 2.75) is 51.9 Å². The van der Waals surface area contributed by atoms with Gasteiger partial charge < -0.3 is 21.1 Å². The van der Waals surface area contributed by atoms with E-state index in [9.17, 15) is 19.5 Å². The van der Waals surface area contributed by atoms with Crippen molar-refractivity contribution in [1.29, 1.82) is 5.41 Å². The number of rotatable bonds is 11. The molecule has 0 aliphatic carbocycles. The number of carboxylic acids is 1. The van der Waals surface area contributed by atoms with Gasteiger partial charge in [0.15, 0.2) is 0 Å². The Kier molecular flexibility index (Phi) is 9.30. The number of hydrogen-bond acceptors (Lipinski definition) is 8. The number of carbonyl (C=O) groups excluding carboxylic acids is 1. The maximum absolute atomic E-state index is 13.5. The fraction of sp³-hybridized carbons (Fsp3) is 0.429. The van der Waals surface area contributed by atoms with Gasteiger partial charge in [-0.15, -0.1) is 11.3 Å². The van der Waals surface area contributed by atoms with E-state index >= 15 is 0 Å². The SMILES string of the molecule is CC(C)c1csc(CCc2ccn3c(=O)c(/C=C/C(=O)O)c(N4CCCC(C(=O)NCCC(=N)N)C4)nc3c2)n1. The van der Waals surface area contributed by atoms with Gasteiger partial charge in [-0.05, 0) is 49.0 Å². The van der Waals surface area contributed by atoms with E-state index < -0.39 is 5.97 Å². The number of aromatic nitrogens is 3. The van der Waals surface area contributed by atoms with Crippen LogP contribution in [0.25, 0.3) is 11.7 Å². The number of carbonyl (C=O) groups is 2. The number of fused-ring (bicyclic) bond motifs is 1. The fourth-order valence-corrected chi connectivity index (χ4v) is 5.64. The minimum absolute atomic E-state index is 0.00704. The van der Waals surface area contributed by atoms with E-state index in [2.05, 4.69) is 24.5 Å². The summed E-state index contributed by atoms with van der Waals surface area (Å²) in [4.78, 5) is 49.0. The van der Waals surface area contributed by atoms with E-state index in [0.29, 0.717) is 43.3 Å². The molecule has 4 heterocycles. The Morgan fingerprint density at radius 3 is 2.83 bits per heavy atom. The van der Waals surface area contributed by atoms with Crippen LogP contribution in [0.5, 0.6) is 0 Å². The van der Waals surface area contributed by atoms with Crippen LogP contribution in [-0.4, -0.2) is 56.8 Å². The molecule has 1 unspecified atom stereocenters. The molecular formula is C28H35N7O4S. The van der Waals surface area contributed by atoms with Gasteiger partial charge in [0.2, 0.25) is 5.91 Å². The molecule has 4 rings (SSSR count). The summed E-state index contributed by atoms with van der Waals surface area (Å²) in [6.07, 6.45) is 7.05. The number of amides is 1. The molecule has 212 valence electrons. The van der Waals surface area contributed by atoms with Crippen LogP contribution in [-0.2, 0) is 22.4 Å². The minimum atomic E-state index is -1.17. The van der Waals surface area contributed by atoms with Crippen LogP contribution in [0.4, 0.5) is 5.82 Å². The predicted octanol–water partition coefficient (Wildman–Crippen LogP) is 2.82. The van der Waals surface area contributed by atoms with Crippen LogP contribution in [0.15, 0.2) is 34.6 Å². The number of pyridine rings is 1. The molecule has 5 N–H and O–H groups in total. The maximum atomic E-state index is 13.5. The number of nitrogens with two attached hydrogens (primary N) is 1. The summed E-state index contributed by atoms with van der Waals surface area (Å²) in [5, 5.41) is 22.5. The van der Waals surface area contributed by atoms with Gasteiger partial charge in [0, 0.05) is 50.1 Å². The summed E-state index contributed by atoms with van der Waals surface area (Å²) in [7, 11) is 0. The van der Waals surface area contributed by atoms with Gasteiger partial charge in [-0.1, -0.05) is 13.8 Å². The molecule has 12 heteroatoms. The molecule has 11 nitrogen and oxygen atoms in total. The van der Waals surface area contributed by atoms with Crippen molar-refractivity contribution in [3.63, 3.8) is 0 Å². The van der Waals surface area contributed by atoms with E-state index in [-0.39, 0.29) is 41.7 Å². The topological polar surface area (TPSA) is 167 Å². The molecule has 3 aromatic rings. The Morgan fingerprint density at radius 1 is 1.32 bits per heavy atom. The first-order valence-corrected chi connectivity index (χ1v) is 14.3. The highest BCUT2D eigenvalue weighted by atomic mass is 32.1. The van der Waals surface area contributed by atoms with E-state index in [0.717, 1.165) is 35.2 Å². The zero-order valence-corrected chi connectivity index (χ0v) is 23.5. The molecule has 0 radical (unpaired) electrons. The van der Waals surface area contributed by atoms with Crippen molar-refractivity contribution in [2.24, 2.45) is 11.7 Å². The summed E-state index contributed by atoms with van der Waals surface area (Å²) in [5.41, 5.74) is 7.73. The molecule has 1 saturated heterocycles. The summed E-state index contributed by atoms with van der Waals surface area (Å²) < 4.78 is 1.42. The van der Waals surface area contributed by atoms with Crippen molar-refractivity contribution < 1.29 is 14.7 Å². The largest absolute Gasteiger partial charge is 0.478 e. The second-order valence-electron chi connectivity index (χ2n) is 10.3. The van der Waals surface area contributed by atoms with Gasteiger partial charge >= 0.3 is 5.97 Å². The third-order valence-corrected chi connectivity index (χ3v) is 7.80. The van der Waals surface area contributed by atoms with Crippen LogP contribution in [0, 0.1) is 11.3 Å². The summed E-state index contributed by atoms with van der Waals surface area (Å²) in [6, 6.07) is 3.75.